The topological polar surface area (TPSA) is 91.2 Å². The summed E-state index contributed by atoms with van der Waals surface area (Å²) in [5.41, 5.74) is 2.34. The highest BCUT2D eigenvalue weighted by molar-refractivity contribution is 6.01. The van der Waals surface area contributed by atoms with Gasteiger partial charge in [-0.1, -0.05) is 24.3 Å². The number of hydrogen-bond acceptors (Lipinski definition) is 4. The number of ether oxygens (including phenoxy) is 1. The van der Waals surface area contributed by atoms with Crippen LogP contribution in [0.4, 0.5) is 5.69 Å². The molecule has 0 saturated carbocycles. The largest absolute Gasteiger partial charge is 0.497 e. The molecule has 0 aromatic heterocycles. The Hall–Kier alpha value is -3.59. The first-order chi connectivity index (χ1) is 12.6. The van der Waals surface area contributed by atoms with Crippen LogP contribution in [0.3, 0.4) is 0 Å². The molecule has 2 aromatic rings. The number of carbonyl (C=O) groups excluding carboxylic acids is 2. The van der Waals surface area contributed by atoms with E-state index >= 15 is 0 Å². The van der Waals surface area contributed by atoms with Crippen molar-refractivity contribution in [2.75, 3.05) is 12.4 Å². The van der Waals surface area contributed by atoms with Gasteiger partial charge in [0.15, 0.2) is 0 Å². The lowest BCUT2D eigenvalue weighted by molar-refractivity contribution is -0.120. The van der Waals surface area contributed by atoms with Crippen LogP contribution in [0.2, 0.25) is 0 Å². The molecule has 2 rings (SSSR count). The van der Waals surface area contributed by atoms with Gasteiger partial charge >= 0.3 is 0 Å². The molecule has 0 atom stereocenters. The van der Waals surface area contributed by atoms with Crippen LogP contribution in [-0.2, 0) is 16.1 Å². The minimum atomic E-state index is -0.329. The minimum Gasteiger partial charge on any atom is -0.497 e. The number of amides is 2. The molecule has 0 heterocycles. The van der Waals surface area contributed by atoms with Crippen molar-refractivity contribution in [2.24, 2.45) is 0 Å². The number of methoxy groups -OCH3 is 1. The van der Waals surface area contributed by atoms with E-state index in [9.17, 15) is 9.59 Å². The molecule has 0 aliphatic rings. The third kappa shape index (κ3) is 6.13. The SMILES string of the molecule is COc1ccc(/C=C/C(=O)Nc2cccc(CNC(=O)CC#N)c2)cc1. The number of rotatable bonds is 7. The number of carbonyl (C=O) groups is 2. The molecule has 0 fully saturated rings. The molecule has 2 aromatic carbocycles. The van der Waals surface area contributed by atoms with Crippen LogP contribution in [0.15, 0.2) is 54.6 Å². The first-order valence-corrected chi connectivity index (χ1v) is 7.96. The van der Waals surface area contributed by atoms with Crippen molar-refractivity contribution < 1.29 is 14.3 Å². The van der Waals surface area contributed by atoms with Gasteiger partial charge in [-0.05, 0) is 41.5 Å². The lowest BCUT2D eigenvalue weighted by Crippen LogP contribution is -2.21. The third-order valence-corrected chi connectivity index (χ3v) is 3.47. The van der Waals surface area contributed by atoms with Gasteiger partial charge in [0, 0.05) is 18.3 Å². The number of nitrogens with zero attached hydrogens (tertiary/aromatic N) is 1. The van der Waals surface area contributed by atoms with E-state index in [0.717, 1.165) is 16.9 Å². The summed E-state index contributed by atoms with van der Waals surface area (Å²) in [6.07, 6.45) is 2.98. The maximum absolute atomic E-state index is 12.0. The number of benzene rings is 2. The molecule has 0 radical (unpaired) electrons. The van der Waals surface area contributed by atoms with Gasteiger partial charge in [-0.2, -0.15) is 5.26 Å². The predicted octanol–water partition coefficient (Wildman–Crippen LogP) is 2.88. The van der Waals surface area contributed by atoms with Gasteiger partial charge in [0.05, 0.1) is 13.2 Å². The summed E-state index contributed by atoms with van der Waals surface area (Å²) < 4.78 is 5.09. The monoisotopic (exact) mass is 349 g/mol. The van der Waals surface area contributed by atoms with Crippen LogP contribution in [0.5, 0.6) is 5.75 Å². The molecule has 0 saturated heterocycles. The van der Waals surface area contributed by atoms with Crippen LogP contribution >= 0.6 is 0 Å². The van der Waals surface area contributed by atoms with Crippen LogP contribution in [0.25, 0.3) is 6.08 Å². The van der Waals surface area contributed by atoms with Gasteiger partial charge in [0.2, 0.25) is 11.8 Å². The van der Waals surface area contributed by atoms with Gasteiger partial charge in [-0.15, -0.1) is 0 Å². The van der Waals surface area contributed by atoms with Crippen molar-refractivity contribution in [3.05, 3.63) is 65.7 Å². The Morgan fingerprint density at radius 2 is 1.96 bits per heavy atom. The van der Waals surface area contributed by atoms with E-state index < -0.39 is 0 Å². The highest BCUT2D eigenvalue weighted by Gasteiger charge is 2.02. The predicted molar refractivity (Wildman–Crippen MR) is 99.2 cm³/mol. The Morgan fingerprint density at radius 3 is 2.65 bits per heavy atom. The Labute approximate surface area is 152 Å². The fourth-order valence-corrected chi connectivity index (χ4v) is 2.16. The number of nitrogens with one attached hydrogen (secondary N) is 2. The average Bonchev–Trinajstić information content (AvgIpc) is 2.66. The Morgan fingerprint density at radius 1 is 1.19 bits per heavy atom. The highest BCUT2D eigenvalue weighted by atomic mass is 16.5. The maximum Gasteiger partial charge on any atom is 0.248 e. The summed E-state index contributed by atoms with van der Waals surface area (Å²) in [6.45, 7) is 0.298. The summed E-state index contributed by atoms with van der Waals surface area (Å²) in [5, 5.41) is 13.9. The third-order valence-electron chi connectivity index (χ3n) is 3.47. The van der Waals surface area contributed by atoms with Crippen molar-refractivity contribution in [3.8, 4) is 11.8 Å². The molecule has 0 spiro atoms. The second kappa shape index (κ2) is 9.64. The summed E-state index contributed by atoms with van der Waals surface area (Å²) in [5.74, 6) is 0.168. The second-order valence-electron chi connectivity index (χ2n) is 5.41. The molecule has 6 heteroatoms. The molecule has 0 bridgehead atoms. The molecule has 0 aliphatic heterocycles. The van der Waals surface area contributed by atoms with Gasteiger partial charge in [0.1, 0.15) is 12.2 Å². The zero-order valence-corrected chi connectivity index (χ0v) is 14.4. The second-order valence-corrected chi connectivity index (χ2v) is 5.41. The van der Waals surface area contributed by atoms with Crippen LogP contribution < -0.4 is 15.4 Å². The normalized spacial score (nSPS) is 10.2. The van der Waals surface area contributed by atoms with Crippen molar-refractivity contribution in [1.82, 2.24) is 5.32 Å². The maximum atomic E-state index is 12.0. The van der Waals surface area contributed by atoms with Gasteiger partial charge < -0.3 is 15.4 Å². The minimum absolute atomic E-state index is 0.174. The molecule has 0 unspecified atom stereocenters. The van der Waals surface area contributed by atoms with E-state index in [1.54, 1.807) is 37.5 Å². The Kier molecular flexibility index (Phi) is 6.95. The molecule has 2 amide bonds. The summed E-state index contributed by atoms with van der Waals surface area (Å²) in [7, 11) is 1.60. The van der Waals surface area contributed by atoms with Crippen molar-refractivity contribution in [3.63, 3.8) is 0 Å². The standard InChI is InChI=1S/C20H19N3O3/c1-26-18-8-5-15(6-9-18)7-10-20(25)23-17-4-2-3-16(13-17)14-22-19(24)11-12-21/h2-10,13H,11,14H2,1H3,(H,22,24)(H,23,25)/b10-7+. The van der Waals surface area contributed by atoms with Crippen molar-refractivity contribution >= 4 is 23.6 Å². The molecule has 6 nitrogen and oxygen atoms in total. The average molecular weight is 349 g/mol. The number of nitriles is 1. The van der Waals surface area contributed by atoms with E-state index in [0.29, 0.717) is 12.2 Å². The summed E-state index contributed by atoms with van der Waals surface area (Å²) in [4.78, 5) is 23.4. The number of hydrogen-bond donors (Lipinski definition) is 2. The van der Waals surface area contributed by atoms with Crippen LogP contribution in [-0.4, -0.2) is 18.9 Å². The molecule has 132 valence electrons. The lowest BCUT2D eigenvalue weighted by Gasteiger charge is -2.07. The van der Waals surface area contributed by atoms with Crippen molar-refractivity contribution in [2.45, 2.75) is 13.0 Å². The molecular weight excluding hydrogens is 330 g/mol. The van der Waals surface area contributed by atoms with E-state index in [1.165, 1.54) is 6.08 Å². The number of anilines is 1. The fourth-order valence-electron chi connectivity index (χ4n) is 2.16. The highest BCUT2D eigenvalue weighted by Crippen LogP contribution is 2.13. The van der Waals surface area contributed by atoms with Gasteiger partial charge in [0.25, 0.3) is 0 Å². The molecule has 2 N–H and O–H groups in total. The van der Waals surface area contributed by atoms with Gasteiger partial charge in [-0.25, -0.2) is 0 Å². The molecule has 26 heavy (non-hydrogen) atoms. The first-order valence-electron chi connectivity index (χ1n) is 7.96. The smallest absolute Gasteiger partial charge is 0.248 e. The summed E-state index contributed by atoms with van der Waals surface area (Å²) in [6, 6.07) is 16.3. The fraction of sp³-hybridized carbons (Fsp3) is 0.150. The summed E-state index contributed by atoms with van der Waals surface area (Å²) >= 11 is 0. The Balaban J connectivity index is 1.91. The van der Waals surface area contributed by atoms with Crippen LogP contribution in [0, 0.1) is 11.3 Å². The van der Waals surface area contributed by atoms with E-state index in [1.807, 2.05) is 30.3 Å². The Bertz CT molecular complexity index is 836. The zero-order valence-electron chi connectivity index (χ0n) is 14.4. The molecule has 0 aliphatic carbocycles. The van der Waals surface area contributed by atoms with Crippen molar-refractivity contribution in [1.29, 1.82) is 5.26 Å². The van der Waals surface area contributed by atoms with Crippen LogP contribution in [0.1, 0.15) is 17.5 Å². The lowest BCUT2D eigenvalue weighted by atomic mass is 10.2. The quantitative estimate of drug-likeness (QED) is 0.752. The zero-order chi connectivity index (χ0) is 18.8. The van der Waals surface area contributed by atoms with E-state index in [-0.39, 0.29) is 18.2 Å². The van der Waals surface area contributed by atoms with Gasteiger partial charge in [-0.3, -0.25) is 9.59 Å². The molecular formula is C20H19N3O3. The van der Waals surface area contributed by atoms with E-state index in [4.69, 9.17) is 10.00 Å². The van der Waals surface area contributed by atoms with E-state index in [2.05, 4.69) is 10.6 Å². The first kappa shape index (κ1) is 18.7.